The van der Waals surface area contributed by atoms with Crippen LogP contribution in [-0.4, -0.2) is 11.7 Å². The first-order valence-corrected chi connectivity index (χ1v) is 10.8. The predicted octanol–water partition coefficient (Wildman–Crippen LogP) is 5.04. The molecule has 3 aliphatic rings. The van der Waals surface area contributed by atoms with Crippen molar-refractivity contribution in [1.82, 2.24) is 0 Å². The highest BCUT2D eigenvalue weighted by Gasteiger charge is 2.56. The van der Waals surface area contributed by atoms with Gasteiger partial charge in [0.15, 0.2) is 5.78 Å². The van der Waals surface area contributed by atoms with Gasteiger partial charge in [-0.05, 0) is 102 Å². The van der Waals surface area contributed by atoms with E-state index in [9.17, 15) is 14.0 Å². The number of fused-ring (bicyclic) bond motifs is 5. The first kappa shape index (κ1) is 19.2. The van der Waals surface area contributed by atoms with Gasteiger partial charge >= 0.3 is 0 Å². The summed E-state index contributed by atoms with van der Waals surface area (Å²) in [5.74, 6) is 0.806. The normalized spacial score (nSPS) is 31.2. The molecule has 2 N–H and O–H groups in total. The largest absolute Gasteiger partial charge is 0.366 e. The molecule has 1 amide bonds. The van der Waals surface area contributed by atoms with E-state index in [4.69, 9.17) is 5.73 Å². The number of ketones is 1. The molecule has 154 valence electrons. The third-order valence-corrected chi connectivity index (χ3v) is 7.84. The molecule has 2 fully saturated rings. The lowest BCUT2D eigenvalue weighted by atomic mass is 9.55. The van der Waals surface area contributed by atoms with E-state index >= 15 is 0 Å². The maximum absolute atomic E-state index is 13.7. The van der Waals surface area contributed by atoms with E-state index in [0.717, 1.165) is 48.8 Å². The number of carbonyl (C=O) groups excluding carboxylic acids is 2. The van der Waals surface area contributed by atoms with Gasteiger partial charge in [0.2, 0.25) is 5.91 Å². The highest BCUT2D eigenvalue weighted by molar-refractivity contribution is 6.06. The van der Waals surface area contributed by atoms with Crippen molar-refractivity contribution in [3.63, 3.8) is 0 Å². The monoisotopic (exact) mass is 403 g/mol. The Morgan fingerprint density at radius 2 is 2.03 bits per heavy atom. The summed E-state index contributed by atoms with van der Waals surface area (Å²) >= 11 is 0. The number of rotatable bonds is 2. The SMILES string of the molecule is C[C@]12CC[C@@H]3c4ccc(F)cc4CCC3[C@@H]1C/C(=C\c1cccc(C(N)=O)c1)C2=O. The van der Waals surface area contributed by atoms with Gasteiger partial charge < -0.3 is 5.73 Å². The van der Waals surface area contributed by atoms with Crippen LogP contribution in [0, 0.1) is 23.1 Å². The standard InChI is InChI=1S/C26H26FNO2/c1-26-10-9-21-20-8-6-19(27)13-16(20)5-7-22(21)23(26)14-18(24(26)29)12-15-3-2-4-17(11-15)25(28)30/h2-4,6,8,11-13,21-23H,5,7,9-10,14H2,1H3,(H2,28,30)/b18-12+/t21-,22?,23+,26+/m1/s1. The van der Waals surface area contributed by atoms with Gasteiger partial charge in [-0.25, -0.2) is 4.39 Å². The summed E-state index contributed by atoms with van der Waals surface area (Å²) in [7, 11) is 0. The second kappa shape index (κ2) is 6.90. The molecule has 2 aromatic carbocycles. The summed E-state index contributed by atoms with van der Waals surface area (Å²) in [6, 6.07) is 12.4. The van der Waals surface area contributed by atoms with E-state index < -0.39 is 5.91 Å². The van der Waals surface area contributed by atoms with Crippen molar-refractivity contribution in [2.24, 2.45) is 23.0 Å². The molecule has 4 atom stereocenters. The number of halogens is 1. The van der Waals surface area contributed by atoms with Crippen LogP contribution in [0.2, 0.25) is 0 Å². The van der Waals surface area contributed by atoms with Crippen molar-refractivity contribution in [2.45, 2.75) is 44.9 Å². The number of allylic oxidation sites excluding steroid dienone is 1. The zero-order valence-corrected chi connectivity index (χ0v) is 17.2. The summed E-state index contributed by atoms with van der Waals surface area (Å²) < 4.78 is 13.7. The molecular formula is C26H26FNO2. The Morgan fingerprint density at radius 1 is 1.20 bits per heavy atom. The highest BCUT2D eigenvalue weighted by Crippen LogP contribution is 2.60. The van der Waals surface area contributed by atoms with Crippen LogP contribution in [0.25, 0.3) is 6.08 Å². The Bertz CT molecular complexity index is 1090. The van der Waals surface area contributed by atoms with Crippen LogP contribution in [0.5, 0.6) is 0 Å². The quantitative estimate of drug-likeness (QED) is 0.714. The lowest BCUT2D eigenvalue weighted by molar-refractivity contribution is -0.127. The molecule has 0 bridgehead atoms. The smallest absolute Gasteiger partial charge is 0.248 e. The van der Waals surface area contributed by atoms with Gasteiger partial charge in [-0.2, -0.15) is 0 Å². The molecule has 4 heteroatoms. The van der Waals surface area contributed by atoms with Crippen LogP contribution in [-0.2, 0) is 11.2 Å². The molecule has 2 saturated carbocycles. The average molecular weight is 403 g/mol. The molecular weight excluding hydrogens is 377 g/mol. The predicted molar refractivity (Wildman–Crippen MR) is 114 cm³/mol. The van der Waals surface area contributed by atoms with Crippen LogP contribution in [0.3, 0.4) is 0 Å². The van der Waals surface area contributed by atoms with Crippen molar-refractivity contribution in [3.05, 3.63) is 76.1 Å². The molecule has 3 aliphatic carbocycles. The lowest BCUT2D eigenvalue weighted by Crippen LogP contribution is -2.42. The van der Waals surface area contributed by atoms with Crippen molar-refractivity contribution >= 4 is 17.8 Å². The third-order valence-electron chi connectivity index (χ3n) is 7.84. The summed E-state index contributed by atoms with van der Waals surface area (Å²) in [5, 5.41) is 0. The zero-order chi connectivity index (χ0) is 21.0. The lowest BCUT2D eigenvalue weighted by Gasteiger charge is -2.48. The molecule has 0 heterocycles. The fraction of sp³-hybridized carbons (Fsp3) is 0.385. The van der Waals surface area contributed by atoms with E-state index in [1.54, 1.807) is 30.3 Å². The van der Waals surface area contributed by atoms with E-state index in [2.05, 4.69) is 6.92 Å². The van der Waals surface area contributed by atoms with E-state index in [-0.39, 0.29) is 17.0 Å². The Kier molecular flexibility index (Phi) is 4.42. The van der Waals surface area contributed by atoms with Gasteiger partial charge in [-0.15, -0.1) is 0 Å². The first-order valence-electron chi connectivity index (χ1n) is 10.8. The Labute approximate surface area is 176 Å². The van der Waals surface area contributed by atoms with Gasteiger partial charge in [0.25, 0.3) is 0 Å². The van der Waals surface area contributed by atoms with Gasteiger partial charge in [0, 0.05) is 11.0 Å². The van der Waals surface area contributed by atoms with E-state index in [1.807, 2.05) is 18.2 Å². The number of hydrogen-bond acceptors (Lipinski definition) is 2. The fourth-order valence-corrected chi connectivity index (χ4v) is 6.33. The average Bonchev–Trinajstić information content (AvgIpc) is 2.98. The minimum atomic E-state index is -0.464. The van der Waals surface area contributed by atoms with Crippen molar-refractivity contribution in [3.8, 4) is 0 Å². The second-order valence-corrected chi connectivity index (χ2v) is 9.41. The molecule has 0 aromatic heterocycles. The van der Waals surface area contributed by atoms with Crippen LogP contribution in [0.1, 0.15) is 65.6 Å². The molecule has 0 spiro atoms. The molecule has 2 aromatic rings. The number of aryl methyl sites for hydroxylation is 1. The van der Waals surface area contributed by atoms with E-state index in [1.165, 1.54) is 5.56 Å². The molecule has 0 saturated heterocycles. The minimum Gasteiger partial charge on any atom is -0.366 e. The summed E-state index contributed by atoms with van der Waals surface area (Å²) in [5.41, 5.74) is 9.66. The van der Waals surface area contributed by atoms with Crippen LogP contribution in [0.4, 0.5) is 4.39 Å². The van der Waals surface area contributed by atoms with Gasteiger partial charge in [-0.1, -0.05) is 25.1 Å². The Hall–Kier alpha value is -2.75. The molecule has 5 rings (SSSR count). The molecule has 30 heavy (non-hydrogen) atoms. The van der Waals surface area contributed by atoms with Crippen molar-refractivity contribution in [2.75, 3.05) is 0 Å². The summed E-state index contributed by atoms with van der Waals surface area (Å²) in [6.07, 6.45) is 6.46. The second-order valence-electron chi connectivity index (χ2n) is 9.41. The van der Waals surface area contributed by atoms with Crippen LogP contribution < -0.4 is 5.73 Å². The minimum absolute atomic E-state index is 0.160. The number of nitrogens with two attached hydrogens (primary N) is 1. The van der Waals surface area contributed by atoms with E-state index in [0.29, 0.717) is 23.3 Å². The third kappa shape index (κ3) is 2.92. The number of hydrogen-bond donors (Lipinski definition) is 1. The Morgan fingerprint density at radius 3 is 2.83 bits per heavy atom. The maximum Gasteiger partial charge on any atom is 0.248 e. The number of primary amides is 1. The van der Waals surface area contributed by atoms with Crippen molar-refractivity contribution in [1.29, 1.82) is 0 Å². The van der Waals surface area contributed by atoms with Crippen LogP contribution >= 0.6 is 0 Å². The molecule has 0 aliphatic heterocycles. The summed E-state index contributed by atoms with van der Waals surface area (Å²) in [4.78, 5) is 24.9. The number of benzene rings is 2. The summed E-state index contributed by atoms with van der Waals surface area (Å²) in [6.45, 7) is 2.14. The Balaban J connectivity index is 1.48. The molecule has 0 radical (unpaired) electrons. The number of carbonyl (C=O) groups is 2. The number of amides is 1. The highest BCUT2D eigenvalue weighted by atomic mass is 19.1. The molecule has 1 unspecified atom stereocenters. The van der Waals surface area contributed by atoms with Gasteiger partial charge in [-0.3, -0.25) is 9.59 Å². The first-order chi connectivity index (χ1) is 14.4. The maximum atomic E-state index is 13.7. The number of Topliss-reactive ketones (excluding diaryl/α,β-unsaturated/α-hetero) is 1. The topological polar surface area (TPSA) is 60.2 Å². The van der Waals surface area contributed by atoms with Gasteiger partial charge in [0.05, 0.1) is 0 Å². The van der Waals surface area contributed by atoms with Gasteiger partial charge in [0.1, 0.15) is 5.82 Å². The zero-order valence-electron chi connectivity index (χ0n) is 17.2. The van der Waals surface area contributed by atoms with Crippen molar-refractivity contribution < 1.29 is 14.0 Å². The van der Waals surface area contributed by atoms with Crippen LogP contribution in [0.15, 0.2) is 48.0 Å². The molecule has 3 nitrogen and oxygen atoms in total. The fourth-order valence-electron chi connectivity index (χ4n) is 6.33.